The van der Waals surface area contributed by atoms with Gasteiger partial charge in [-0.2, -0.15) is 0 Å². The van der Waals surface area contributed by atoms with Crippen LogP contribution in [0.1, 0.15) is 26.7 Å². The number of piperidine rings is 1. The molecule has 3 N–H and O–H groups in total. The van der Waals surface area contributed by atoms with Crippen molar-refractivity contribution in [1.29, 1.82) is 0 Å². The van der Waals surface area contributed by atoms with E-state index in [1.54, 1.807) is 7.11 Å². The lowest BCUT2D eigenvalue weighted by atomic mass is 10.1. The van der Waals surface area contributed by atoms with Crippen LogP contribution < -0.4 is 16.0 Å². The fourth-order valence-electron chi connectivity index (χ4n) is 2.54. The zero-order valence-electron chi connectivity index (χ0n) is 15.3. The lowest BCUT2D eigenvalue weighted by Crippen LogP contribution is -2.38. The molecule has 0 atom stereocenters. The van der Waals surface area contributed by atoms with Gasteiger partial charge < -0.3 is 25.6 Å². The van der Waals surface area contributed by atoms with Crippen LogP contribution >= 0.6 is 0 Å². The lowest BCUT2D eigenvalue weighted by Gasteiger charge is -2.30. The number of amides is 1. The highest BCUT2D eigenvalue weighted by Crippen LogP contribution is 2.22. The maximum Gasteiger partial charge on any atom is 0.209 e. The third-order valence-electron chi connectivity index (χ3n) is 3.90. The van der Waals surface area contributed by atoms with Gasteiger partial charge in [0.25, 0.3) is 0 Å². The number of hydrogen-bond acceptors (Lipinski definition) is 6. The standard InChI is InChI=1S/C15H25N5O2.C2H6/c1-19(7-8-22-2)15-10-13(9-14(16)18-15)17-12-3-5-20(11-21)6-4-12;1-2/h9-12H,3-8H2,1-2H3,(H3,16,17,18);1-2H3. The Morgan fingerprint density at radius 1 is 1.42 bits per heavy atom. The molecule has 2 rings (SSSR count). The van der Waals surface area contributed by atoms with E-state index in [1.807, 2.05) is 42.8 Å². The Hall–Kier alpha value is -2.02. The van der Waals surface area contributed by atoms with E-state index in [-0.39, 0.29) is 0 Å². The molecule has 1 aliphatic rings. The maximum absolute atomic E-state index is 10.7. The number of nitrogens with zero attached hydrogens (tertiary/aromatic N) is 3. The van der Waals surface area contributed by atoms with Crippen molar-refractivity contribution in [3.05, 3.63) is 12.1 Å². The Bertz CT molecular complexity index is 490. The number of nitrogens with two attached hydrogens (primary N) is 1. The highest BCUT2D eigenvalue weighted by atomic mass is 16.5. The van der Waals surface area contributed by atoms with Crippen LogP contribution in [0.15, 0.2) is 12.1 Å². The Balaban J connectivity index is 0.00000139. The average molecular weight is 337 g/mol. The molecule has 1 aromatic heterocycles. The second kappa shape index (κ2) is 10.7. The first-order chi connectivity index (χ1) is 11.6. The predicted octanol–water partition coefficient (Wildman–Crippen LogP) is 1.81. The zero-order valence-corrected chi connectivity index (χ0v) is 15.3. The van der Waals surface area contributed by atoms with Gasteiger partial charge in [0, 0.05) is 57.7 Å². The number of anilines is 3. The van der Waals surface area contributed by atoms with E-state index >= 15 is 0 Å². The minimum absolute atomic E-state index is 0.357. The van der Waals surface area contributed by atoms with Crippen LogP contribution in [-0.4, -0.2) is 62.7 Å². The topological polar surface area (TPSA) is 83.7 Å². The summed E-state index contributed by atoms with van der Waals surface area (Å²) in [5.74, 6) is 1.32. The van der Waals surface area contributed by atoms with Crippen molar-refractivity contribution in [2.24, 2.45) is 0 Å². The van der Waals surface area contributed by atoms with Crippen LogP contribution in [0.2, 0.25) is 0 Å². The quantitative estimate of drug-likeness (QED) is 0.738. The fourth-order valence-corrected chi connectivity index (χ4v) is 2.54. The van der Waals surface area contributed by atoms with Gasteiger partial charge in [-0.15, -0.1) is 0 Å². The molecule has 1 aromatic rings. The molecule has 0 bridgehead atoms. The first kappa shape index (κ1) is 20.0. The summed E-state index contributed by atoms with van der Waals surface area (Å²) in [5.41, 5.74) is 6.88. The van der Waals surface area contributed by atoms with Crippen molar-refractivity contribution in [2.75, 3.05) is 56.3 Å². The number of pyridine rings is 1. The van der Waals surface area contributed by atoms with Gasteiger partial charge in [-0.3, -0.25) is 4.79 Å². The van der Waals surface area contributed by atoms with Crippen molar-refractivity contribution in [2.45, 2.75) is 32.7 Å². The van der Waals surface area contributed by atoms with Crippen molar-refractivity contribution in [3.63, 3.8) is 0 Å². The molecule has 1 amide bonds. The summed E-state index contributed by atoms with van der Waals surface area (Å²) in [4.78, 5) is 18.9. The molecule has 7 heteroatoms. The van der Waals surface area contributed by atoms with Crippen LogP contribution in [0.4, 0.5) is 17.3 Å². The number of likely N-dealkylation sites (N-methyl/N-ethyl adjacent to an activating group) is 1. The van der Waals surface area contributed by atoms with Gasteiger partial charge >= 0.3 is 0 Å². The molecule has 1 fully saturated rings. The largest absolute Gasteiger partial charge is 0.384 e. The molecule has 0 radical (unpaired) electrons. The smallest absolute Gasteiger partial charge is 0.209 e. The van der Waals surface area contributed by atoms with Gasteiger partial charge in [0.2, 0.25) is 6.41 Å². The molecule has 0 aromatic carbocycles. The number of methoxy groups -OCH3 is 1. The first-order valence-corrected chi connectivity index (χ1v) is 8.56. The van der Waals surface area contributed by atoms with E-state index in [9.17, 15) is 4.79 Å². The molecule has 24 heavy (non-hydrogen) atoms. The summed E-state index contributed by atoms with van der Waals surface area (Å²) in [6.45, 7) is 6.98. The van der Waals surface area contributed by atoms with E-state index in [0.29, 0.717) is 18.5 Å². The van der Waals surface area contributed by atoms with Gasteiger partial charge in [-0.25, -0.2) is 4.98 Å². The molecule has 7 nitrogen and oxygen atoms in total. The third-order valence-corrected chi connectivity index (χ3v) is 3.90. The lowest BCUT2D eigenvalue weighted by molar-refractivity contribution is -0.118. The van der Waals surface area contributed by atoms with Gasteiger partial charge in [-0.05, 0) is 12.8 Å². The SMILES string of the molecule is CC.COCCN(C)c1cc(NC2CCN(C=O)CC2)cc(N)n1. The zero-order chi connectivity index (χ0) is 17.9. The number of nitrogens with one attached hydrogen (secondary N) is 1. The molecule has 0 aliphatic carbocycles. The molecule has 136 valence electrons. The van der Waals surface area contributed by atoms with Gasteiger partial charge in [-0.1, -0.05) is 13.8 Å². The van der Waals surface area contributed by atoms with Crippen LogP contribution in [0, 0.1) is 0 Å². The number of aromatic nitrogens is 1. The van der Waals surface area contributed by atoms with Gasteiger partial charge in [0.1, 0.15) is 11.6 Å². The van der Waals surface area contributed by atoms with Crippen LogP contribution in [0.5, 0.6) is 0 Å². The van der Waals surface area contributed by atoms with Crippen molar-refractivity contribution < 1.29 is 9.53 Å². The summed E-state index contributed by atoms with van der Waals surface area (Å²) in [7, 11) is 3.65. The summed E-state index contributed by atoms with van der Waals surface area (Å²) in [6, 6.07) is 4.20. The highest BCUT2D eigenvalue weighted by Gasteiger charge is 2.18. The van der Waals surface area contributed by atoms with Crippen molar-refractivity contribution in [1.82, 2.24) is 9.88 Å². The normalized spacial score (nSPS) is 14.6. The summed E-state index contributed by atoms with van der Waals surface area (Å²) in [5, 5.41) is 3.50. The second-order valence-corrected chi connectivity index (χ2v) is 5.61. The number of rotatable bonds is 7. The minimum Gasteiger partial charge on any atom is -0.384 e. The number of likely N-dealkylation sites (tertiary alicyclic amines) is 1. The van der Waals surface area contributed by atoms with E-state index < -0.39 is 0 Å². The maximum atomic E-state index is 10.7. The predicted molar refractivity (Wildman–Crippen MR) is 99.4 cm³/mol. The van der Waals surface area contributed by atoms with Crippen molar-refractivity contribution >= 4 is 23.7 Å². The Labute approximate surface area is 145 Å². The van der Waals surface area contributed by atoms with Crippen molar-refractivity contribution in [3.8, 4) is 0 Å². The number of nitrogen functional groups attached to an aromatic ring is 1. The number of ether oxygens (including phenoxy) is 1. The molecular formula is C17H31N5O2. The Morgan fingerprint density at radius 3 is 2.67 bits per heavy atom. The second-order valence-electron chi connectivity index (χ2n) is 5.61. The molecule has 0 spiro atoms. The number of hydrogen-bond donors (Lipinski definition) is 2. The highest BCUT2D eigenvalue weighted by molar-refractivity contribution is 5.60. The number of carbonyl (C=O) groups is 1. The van der Waals surface area contributed by atoms with Crippen LogP contribution in [0.25, 0.3) is 0 Å². The monoisotopic (exact) mass is 337 g/mol. The van der Waals surface area contributed by atoms with Gasteiger partial charge in [0.05, 0.1) is 6.61 Å². The Morgan fingerprint density at radius 2 is 2.08 bits per heavy atom. The fraction of sp³-hybridized carbons (Fsp3) is 0.647. The first-order valence-electron chi connectivity index (χ1n) is 8.56. The van der Waals surface area contributed by atoms with E-state index in [0.717, 1.165) is 50.4 Å². The van der Waals surface area contributed by atoms with Crippen LogP contribution in [-0.2, 0) is 9.53 Å². The van der Waals surface area contributed by atoms with E-state index in [4.69, 9.17) is 10.5 Å². The molecule has 0 unspecified atom stereocenters. The molecule has 2 heterocycles. The molecule has 1 aliphatic heterocycles. The summed E-state index contributed by atoms with van der Waals surface area (Å²) < 4.78 is 5.09. The van der Waals surface area contributed by atoms with E-state index in [1.165, 1.54) is 0 Å². The molecular weight excluding hydrogens is 306 g/mol. The van der Waals surface area contributed by atoms with Crippen LogP contribution in [0.3, 0.4) is 0 Å². The Kier molecular flexibility index (Phi) is 8.93. The summed E-state index contributed by atoms with van der Waals surface area (Å²) >= 11 is 0. The third kappa shape index (κ3) is 6.23. The molecule has 0 saturated carbocycles. The number of carbonyl (C=O) groups excluding carboxylic acids is 1. The molecule has 1 saturated heterocycles. The average Bonchev–Trinajstić information content (AvgIpc) is 2.61. The minimum atomic E-state index is 0.357. The van der Waals surface area contributed by atoms with E-state index in [2.05, 4.69) is 10.3 Å². The van der Waals surface area contributed by atoms with Gasteiger partial charge in [0.15, 0.2) is 0 Å². The summed E-state index contributed by atoms with van der Waals surface area (Å²) in [6.07, 6.45) is 2.80.